The van der Waals surface area contributed by atoms with Gasteiger partial charge in [0.05, 0.1) is 11.7 Å². The van der Waals surface area contributed by atoms with Gasteiger partial charge in [0.2, 0.25) is 0 Å². The Bertz CT molecular complexity index is 2210. The van der Waals surface area contributed by atoms with E-state index in [9.17, 15) is 0 Å². The molecule has 5 heteroatoms. The van der Waals surface area contributed by atoms with Gasteiger partial charge in [0, 0.05) is 16.8 Å². The molecule has 1 unspecified atom stereocenters. The number of fused-ring (bicyclic) bond motifs is 11. The molecule has 0 saturated carbocycles. The maximum atomic E-state index is 7.20. The van der Waals surface area contributed by atoms with Gasteiger partial charge < -0.3 is 9.76 Å². The van der Waals surface area contributed by atoms with Gasteiger partial charge in [-0.1, -0.05) is 115 Å². The van der Waals surface area contributed by atoms with Crippen molar-refractivity contribution < 1.29 is 0 Å². The topological polar surface area (TPSA) is 41.3 Å². The lowest BCUT2D eigenvalue weighted by Gasteiger charge is -2.38. The minimum Gasteiger partial charge on any atom is -0.330 e. The Hall–Kier alpha value is -4.21. The molecule has 41 heavy (non-hydrogen) atoms. The summed E-state index contributed by atoms with van der Waals surface area (Å²) in [5.74, 6) is 0. The van der Waals surface area contributed by atoms with E-state index in [-0.39, 0.29) is 6.04 Å². The second kappa shape index (κ2) is 9.15. The summed E-state index contributed by atoms with van der Waals surface area (Å²) in [6, 6.07) is 45.6. The number of anilines is 2. The molecule has 0 bridgehead atoms. The molecular formula is C36H28N3PS. The molecule has 0 aliphatic carbocycles. The number of hydrogen-bond acceptors (Lipinski definition) is 1. The lowest BCUT2D eigenvalue weighted by molar-refractivity contribution is 0.814. The van der Waals surface area contributed by atoms with Crippen LogP contribution in [0.25, 0.3) is 54.2 Å². The molecular weight excluding hydrogens is 537 g/mol. The minimum atomic E-state index is -2.76. The second-order valence-corrected chi connectivity index (χ2v) is 14.4. The van der Waals surface area contributed by atoms with Gasteiger partial charge in [0.25, 0.3) is 0 Å². The smallest absolute Gasteiger partial charge is 0.187 e. The molecule has 0 fully saturated rings. The van der Waals surface area contributed by atoms with Crippen molar-refractivity contribution in [1.82, 2.24) is 0 Å². The van der Waals surface area contributed by atoms with Crippen molar-refractivity contribution >= 4 is 72.8 Å². The SMILES string of the molecule is C[C@@H](c1ccccc1)N1c2ccc3c(ccc4ccccc43)c2-c2c(ccc3c2ccc2ccccc23)NP1(N)=S. The molecule has 7 aromatic carbocycles. The van der Waals surface area contributed by atoms with Gasteiger partial charge >= 0.3 is 0 Å². The third-order valence-corrected chi connectivity index (χ3v) is 11.1. The first-order valence-corrected chi connectivity index (χ1v) is 16.7. The normalized spacial score (nSPS) is 17.3. The van der Waals surface area contributed by atoms with Crippen LogP contribution in [0.15, 0.2) is 127 Å². The average molecular weight is 566 g/mol. The maximum absolute atomic E-state index is 7.20. The molecule has 1 aliphatic rings. The Morgan fingerprint density at radius 3 is 1.78 bits per heavy atom. The summed E-state index contributed by atoms with van der Waals surface area (Å²) in [6.07, 6.45) is 0. The molecule has 3 nitrogen and oxygen atoms in total. The highest BCUT2D eigenvalue weighted by molar-refractivity contribution is 8.14. The summed E-state index contributed by atoms with van der Waals surface area (Å²) in [5, 5.41) is 13.5. The van der Waals surface area contributed by atoms with Crippen molar-refractivity contribution in [1.29, 1.82) is 0 Å². The van der Waals surface area contributed by atoms with E-state index in [1.807, 2.05) is 6.07 Å². The van der Waals surface area contributed by atoms with E-state index in [4.69, 9.17) is 17.3 Å². The Morgan fingerprint density at radius 1 is 0.585 bits per heavy atom. The fourth-order valence-electron chi connectivity index (χ4n) is 6.71. The number of benzene rings is 7. The highest BCUT2D eigenvalue weighted by Gasteiger charge is 2.35. The molecule has 0 aromatic heterocycles. The quantitative estimate of drug-likeness (QED) is 0.162. The van der Waals surface area contributed by atoms with Crippen LogP contribution in [0, 0.1) is 0 Å². The molecule has 0 saturated heterocycles. The summed E-state index contributed by atoms with van der Waals surface area (Å²) in [6.45, 7) is -0.553. The summed E-state index contributed by atoms with van der Waals surface area (Å²) in [7, 11) is 0. The number of nitrogens with one attached hydrogen (secondary N) is 1. The fraction of sp³-hybridized carbons (Fsp3) is 0.0556. The molecule has 2 atom stereocenters. The van der Waals surface area contributed by atoms with Crippen LogP contribution in [-0.4, -0.2) is 0 Å². The third kappa shape index (κ3) is 3.72. The van der Waals surface area contributed by atoms with Gasteiger partial charge in [-0.2, -0.15) is 0 Å². The van der Waals surface area contributed by atoms with Crippen LogP contribution in [0.4, 0.5) is 11.4 Å². The largest absolute Gasteiger partial charge is 0.330 e. The van der Waals surface area contributed by atoms with Crippen molar-refractivity contribution in [2.45, 2.75) is 13.0 Å². The van der Waals surface area contributed by atoms with Crippen molar-refractivity contribution in [2.24, 2.45) is 5.50 Å². The Labute approximate surface area is 244 Å². The molecule has 3 N–H and O–H groups in total. The van der Waals surface area contributed by atoms with Crippen LogP contribution in [0.5, 0.6) is 0 Å². The predicted octanol–water partition coefficient (Wildman–Crippen LogP) is 10.1. The molecule has 0 amide bonds. The summed E-state index contributed by atoms with van der Waals surface area (Å²) < 4.78 is 2.29. The van der Waals surface area contributed by atoms with Crippen LogP contribution in [-0.2, 0) is 11.8 Å². The zero-order chi connectivity index (χ0) is 27.7. The molecule has 198 valence electrons. The van der Waals surface area contributed by atoms with Crippen molar-refractivity contribution in [3.8, 4) is 11.1 Å². The van der Waals surface area contributed by atoms with E-state index >= 15 is 0 Å². The lowest BCUT2D eigenvalue weighted by Crippen LogP contribution is -2.30. The Morgan fingerprint density at radius 2 is 1.12 bits per heavy atom. The second-order valence-electron chi connectivity index (χ2n) is 10.9. The van der Waals surface area contributed by atoms with Gasteiger partial charge in [-0.3, -0.25) is 5.50 Å². The number of hydrogen-bond donors (Lipinski definition) is 2. The summed E-state index contributed by atoms with van der Waals surface area (Å²) in [5.41, 5.74) is 12.8. The molecule has 7 aromatic rings. The highest BCUT2D eigenvalue weighted by Crippen LogP contribution is 2.59. The van der Waals surface area contributed by atoms with E-state index in [1.54, 1.807) is 0 Å². The molecule has 8 rings (SSSR count). The summed E-state index contributed by atoms with van der Waals surface area (Å²) >= 11 is 6.33. The van der Waals surface area contributed by atoms with Gasteiger partial charge in [0.1, 0.15) is 0 Å². The van der Waals surface area contributed by atoms with E-state index in [0.717, 1.165) is 16.9 Å². The number of rotatable bonds is 2. The monoisotopic (exact) mass is 565 g/mol. The van der Waals surface area contributed by atoms with Crippen molar-refractivity contribution in [2.75, 3.05) is 9.76 Å². The molecule has 1 heterocycles. The first kappa shape index (κ1) is 24.6. The Balaban J connectivity index is 1.54. The van der Waals surface area contributed by atoms with E-state index in [0.29, 0.717) is 0 Å². The maximum Gasteiger partial charge on any atom is 0.187 e. The van der Waals surface area contributed by atoms with Crippen molar-refractivity contribution in [3.63, 3.8) is 0 Å². The zero-order valence-corrected chi connectivity index (χ0v) is 24.3. The first-order chi connectivity index (χ1) is 20.0. The van der Waals surface area contributed by atoms with Crippen LogP contribution in [0.1, 0.15) is 18.5 Å². The van der Waals surface area contributed by atoms with Crippen LogP contribution >= 0.6 is 6.49 Å². The summed E-state index contributed by atoms with van der Waals surface area (Å²) in [4.78, 5) is 0. The van der Waals surface area contributed by atoms with Crippen molar-refractivity contribution in [3.05, 3.63) is 133 Å². The van der Waals surface area contributed by atoms with Gasteiger partial charge in [0.15, 0.2) is 6.49 Å². The van der Waals surface area contributed by atoms with Crippen LogP contribution < -0.4 is 15.3 Å². The first-order valence-electron chi connectivity index (χ1n) is 13.9. The molecule has 1 aliphatic heterocycles. The zero-order valence-electron chi connectivity index (χ0n) is 22.6. The highest BCUT2D eigenvalue weighted by atomic mass is 32.4. The Kier molecular flexibility index (Phi) is 5.49. The van der Waals surface area contributed by atoms with E-state index in [2.05, 4.69) is 138 Å². The third-order valence-electron chi connectivity index (χ3n) is 8.58. The van der Waals surface area contributed by atoms with Crippen LogP contribution in [0.2, 0.25) is 0 Å². The standard InChI is InChI=1S/C36H28N3PS/c1-23(24-9-3-2-4-10-24)39-34-22-20-30-28-14-8-6-12-26(28)16-18-32(30)36(34)35-31-17-15-25-11-5-7-13-27(25)29(31)19-21-33(35)38-40(39,37)41/h2-23H,1H3,(H3,37,38,41)/t23-,40?/m0/s1. The van der Waals surface area contributed by atoms with Gasteiger partial charge in [-0.15, -0.1) is 0 Å². The minimum absolute atomic E-state index is 0.0300. The number of nitrogens with zero attached hydrogens (tertiary/aromatic N) is 1. The van der Waals surface area contributed by atoms with Crippen LogP contribution in [0.3, 0.4) is 0 Å². The molecule has 0 radical (unpaired) electrons. The lowest BCUT2D eigenvalue weighted by atomic mass is 9.88. The van der Waals surface area contributed by atoms with Gasteiger partial charge in [-0.25, -0.2) is 0 Å². The van der Waals surface area contributed by atoms with Gasteiger partial charge in [-0.05, 0) is 79.5 Å². The number of nitrogens with two attached hydrogens (primary N) is 1. The fourth-order valence-corrected chi connectivity index (χ4v) is 9.46. The van der Waals surface area contributed by atoms with E-state index < -0.39 is 6.49 Å². The average Bonchev–Trinajstić information content (AvgIpc) is 3.11. The predicted molar refractivity (Wildman–Crippen MR) is 181 cm³/mol. The van der Waals surface area contributed by atoms with E-state index in [1.165, 1.54) is 54.2 Å². The molecule has 0 spiro atoms.